The van der Waals surface area contributed by atoms with Crippen LogP contribution in [0.2, 0.25) is 0 Å². The third-order valence-corrected chi connectivity index (χ3v) is 4.89. The lowest BCUT2D eigenvalue weighted by atomic mass is 10.0. The largest absolute Gasteiger partial charge is 0.467 e. The first kappa shape index (κ1) is 20.5. The number of hydrogen-bond donors (Lipinski definition) is 1. The molecule has 27 heavy (non-hydrogen) atoms. The highest BCUT2D eigenvalue weighted by atomic mass is 32.2. The molecule has 0 spiro atoms. The Hall–Kier alpha value is -2.83. The number of rotatable bonds is 4. The van der Waals surface area contributed by atoms with E-state index in [-0.39, 0.29) is 5.56 Å². The SMILES string of the molecule is COC(=O)C(C#Cc1ccccc1)(NS(=O)(=O)c1ccccc1)C(F)(F)F. The Morgan fingerprint density at radius 3 is 2.00 bits per heavy atom. The number of methoxy groups -OCH3 is 1. The lowest BCUT2D eigenvalue weighted by Gasteiger charge is -2.28. The number of ether oxygens (including phenoxy) is 1. The normalized spacial score (nSPS) is 13.8. The summed E-state index contributed by atoms with van der Waals surface area (Å²) in [5.41, 5.74) is -3.61. The van der Waals surface area contributed by atoms with E-state index in [1.54, 1.807) is 12.0 Å². The Kier molecular flexibility index (Phi) is 5.93. The van der Waals surface area contributed by atoms with Gasteiger partial charge in [-0.15, -0.1) is 0 Å². The van der Waals surface area contributed by atoms with Crippen molar-refractivity contribution in [3.63, 3.8) is 0 Å². The molecule has 2 aromatic carbocycles. The van der Waals surface area contributed by atoms with Gasteiger partial charge in [0.1, 0.15) is 0 Å². The summed E-state index contributed by atoms with van der Waals surface area (Å²) in [6.07, 6.45) is -5.39. The number of hydrogen-bond acceptors (Lipinski definition) is 4. The average Bonchev–Trinajstić information content (AvgIpc) is 2.65. The van der Waals surface area contributed by atoms with Crippen LogP contribution >= 0.6 is 0 Å². The number of esters is 1. The second-order valence-corrected chi connectivity index (χ2v) is 6.96. The van der Waals surface area contributed by atoms with Gasteiger partial charge >= 0.3 is 12.1 Å². The summed E-state index contributed by atoms with van der Waals surface area (Å²) < 4.78 is 72.0. The second kappa shape index (κ2) is 7.82. The highest BCUT2D eigenvalue weighted by molar-refractivity contribution is 7.89. The van der Waals surface area contributed by atoms with Crippen molar-refractivity contribution in [2.45, 2.75) is 16.6 Å². The number of sulfonamides is 1. The standard InChI is InChI=1S/C18H14F3NO4S/c1-26-16(23)17(18(19,20)21,13-12-14-8-4-2-5-9-14)22-27(24,25)15-10-6-3-7-11-15/h2-11,22H,1H3. The molecule has 0 aliphatic carbocycles. The molecule has 2 aromatic rings. The van der Waals surface area contributed by atoms with Gasteiger partial charge in [0.2, 0.25) is 10.0 Å². The average molecular weight is 397 g/mol. The minimum absolute atomic E-state index is 0.161. The number of halogens is 3. The second-order valence-electron chi connectivity index (χ2n) is 5.27. The number of carbonyl (C=O) groups is 1. The van der Waals surface area contributed by atoms with Gasteiger partial charge in [-0.05, 0) is 24.3 Å². The monoisotopic (exact) mass is 397 g/mol. The number of alkyl halides is 3. The van der Waals surface area contributed by atoms with Crippen molar-refractivity contribution >= 4 is 16.0 Å². The molecule has 2 rings (SSSR count). The number of carbonyl (C=O) groups excluding carboxylic acids is 1. The van der Waals surface area contributed by atoms with Crippen LogP contribution < -0.4 is 4.72 Å². The van der Waals surface area contributed by atoms with E-state index in [0.717, 1.165) is 12.1 Å². The van der Waals surface area contributed by atoms with Gasteiger partial charge in [-0.25, -0.2) is 13.2 Å². The fraction of sp³-hybridized carbons (Fsp3) is 0.167. The van der Waals surface area contributed by atoms with E-state index in [1.807, 2.05) is 0 Å². The minimum atomic E-state index is -5.39. The van der Waals surface area contributed by atoms with Gasteiger partial charge in [0.05, 0.1) is 12.0 Å². The van der Waals surface area contributed by atoms with Crippen molar-refractivity contribution in [1.29, 1.82) is 0 Å². The van der Waals surface area contributed by atoms with E-state index in [9.17, 15) is 26.4 Å². The van der Waals surface area contributed by atoms with Gasteiger partial charge in [-0.3, -0.25) is 0 Å². The third kappa shape index (κ3) is 4.48. The molecule has 0 heterocycles. The molecule has 0 fully saturated rings. The van der Waals surface area contributed by atoms with Crippen molar-refractivity contribution in [3.05, 3.63) is 66.2 Å². The van der Waals surface area contributed by atoms with E-state index in [2.05, 4.69) is 10.7 Å². The lowest BCUT2D eigenvalue weighted by Crippen LogP contribution is -2.63. The molecule has 1 unspecified atom stereocenters. The molecule has 0 radical (unpaired) electrons. The van der Waals surface area contributed by atoms with E-state index < -0.39 is 32.6 Å². The zero-order chi connectivity index (χ0) is 20.1. The van der Waals surface area contributed by atoms with Crippen LogP contribution in [-0.4, -0.2) is 33.2 Å². The molecule has 1 N–H and O–H groups in total. The first-order valence-electron chi connectivity index (χ1n) is 7.45. The number of benzene rings is 2. The molecule has 5 nitrogen and oxygen atoms in total. The van der Waals surface area contributed by atoms with Crippen LogP contribution in [-0.2, 0) is 19.6 Å². The number of nitrogens with one attached hydrogen (secondary N) is 1. The van der Waals surface area contributed by atoms with Crippen LogP contribution in [0.5, 0.6) is 0 Å². The van der Waals surface area contributed by atoms with Crippen LogP contribution in [0.15, 0.2) is 65.6 Å². The topological polar surface area (TPSA) is 72.5 Å². The highest BCUT2D eigenvalue weighted by Gasteiger charge is 2.63. The lowest BCUT2D eigenvalue weighted by molar-refractivity contribution is -0.194. The summed E-state index contributed by atoms with van der Waals surface area (Å²) in [6, 6.07) is 13.9. The fourth-order valence-corrected chi connectivity index (χ4v) is 3.35. The van der Waals surface area contributed by atoms with Gasteiger partial charge in [-0.1, -0.05) is 48.2 Å². The molecule has 0 aliphatic rings. The fourth-order valence-electron chi connectivity index (χ4n) is 2.06. The van der Waals surface area contributed by atoms with Crippen molar-refractivity contribution in [2.75, 3.05) is 7.11 Å². The molecule has 0 amide bonds. The van der Waals surface area contributed by atoms with Crippen LogP contribution in [0.25, 0.3) is 0 Å². The van der Waals surface area contributed by atoms with Gasteiger partial charge < -0.3 is 4.74 Å². The van der Waals surface area contributed by atoms with E-state index in [1.165, 1.54) is 47.2 Å². The van der Waals surface area contributed by atoms with Crippen LogP contribution in [0, 0.1) is 11.8 Å². The van der Waals surface area contributed by atoms with Crippen molar-refractivity contribution in [2.24, 2.45) is 0 Å². The van der Waals surface area contributed by atoms with Crippen LogP contribution in [0.3, 0.4) is 0 Å². The van der Waals surface area contributed by atoms with Gasteiger partial charge in [0.15, 0.2) is 0 Å². The summed E-state index contributed by atoms with van der Waals surface area (Å²) in [6.45, 7) is 0. The van der Waals surface area contributed by atoms with Crippen molar-refractivity contribution < 1.29 is 31.1 Å². The quantitative estimate of drug-likeness (QED) is 0.636. The Labute approximate surface area is 154 Å². The smallest absolute Gasteiger partial charge is 0.429 e. The molecule has 142 valence electrons. The Morgan fingerprint density at radius 2 is 1.52 bits per heavy atom. The molecular weight excluding hydrogens is 383 g/mol. The minimum Gasteiger partial charge on any atom is -0.467 e. The Balaban J connectivity index is 2.63. The first-order valence-corrected chi connectivity index (χ1v) is 8.93. The molecule has 0 aliphatic heterocycles. The van der Waals surface area contributed by atoms with Gasteiger partial charge in [0, 0.05) is 5.56 Å². The van der Waals surface area contributed by atoms with E-state index in [4.69, 9.17) is 0 Å². The molecular formula is C18H14F3NO4S. The summed E-state index contributed by atoms with van der Waals surface area (Å²) in [7, 11) is -4.02. The van der Waals surface area contributed by atoms with Crippen molar-refractivity contribution in [1.82, 2.24) is 4.72 Å². The first-order chi connectivity index (χ1) is 12.6. The molecule has 0 aromatic heterocycles. The molecule has 0 saturated carbocycles. The zero-order valence-corrected chi connectivity index (χ0v) is 14.8. The molecule has 0 bridgehead atoms. The van der Waals surface area contributed by atoms with Gasteiger partial charge in [-0.2, -0.15) is 17.9 Å². The van der Waals surface area contributed by atoms with E-state index in [0.29, 0.717) is 7.11 Å². The summed E-state index contributed by atoms with van der Waals surface area (Å²) in [5, 5.41) is 0. The maximum atomic E-state index is 13.8. The third-order valence-electron chi connectivity index (χ3n) is 3.43. The Morgan fingerprint density at radius 1 is 1.00 bits per heavy atom. The van der Waals surface area contributed by atoms with Crippen molar-refractivity contribution in [3.8, 4) is 11.8 Å². The summed E-state index contributed by atoms with van der Waals surface area (Å²) >= 11 is 0. The summed E-state index contributed by atoms with van der Waals surface area (Å²) in [4.78, 5) is 11.6. The maximum Gasteiger partial charge on any atom is 0.429 e. The van der Waals surface area contributed by atoms with Gasteiger partial charge in [0.25, 0.3) is 5.54 Å². The molecule has 0 saturated heterocycles. The molecule has 1 atom stereocenters. The van der Waals surface area contributed by atoms with Crippen LogP contribution in [0.4, 0.5) is 13.2 Å². The van der Waals surface area contributed by atoms with Crippen LogP contribution in [0.1, 0.15) is 5.56 Å². The zero-order valence-electron chi connectivity index (χ0n) is 13.9. The van der Waals surface area contributed by atoms with E-state index >= 15 is 0 Å². The summed E-state index contributed by atoms with van der Waals surface area (Å²) in [5.74, 6) is 2.02. The molecule has 9 heteroatoms. The predicted molar refractivity (Wildman–Crippen MR) is 90.9 cm³/mol. The highest BCUT2D eigenvalue weighted by Crippen LogP contribution is 2.33. The Bertz CT molecular complexity index is 964. The maximum absolute atomic E-state index is 13.8. The predicted octanol–water partition coefficient (Wildman–Crippen LogP) is 2.49.